The van der Waals surface area contributed by atoms with Crippen LogP contribution in [-0.2, 0) is 23.0 Å². The predicted molar refractivity (Wildman–Crippen MR) is 231 cm³/mol. The van der Waals surface area contributed by atoms with Crippen molar-refractivity contribution in [1.82, 2.24) is 0 Å². The fourth-order valence-electron chi connectivity index (χ4n) is 9.89. The van der Waals surface area contributed by atoms with E-state index in [0.29, 0.717) is 11.5 Å². The Hall–Kier alpha value is -2.97. The van der Waals surface area contributed by atoms with Crippen LogP contribution in [0.1, 0.15) is 151 Å². The second-order valence-electron chi connectivity index (χ2n) is 20.1. The maximum atomic E-state index is 13.7. The number of hydrogen-bond donors (Lipinski definition) is 0. The van der Waals surface area contributed by atoms with E-state index in [0.717, 1.165) is 112 Å². The SMILES string of the molecule is CC(C)(CCCCCCCl)c1cc2c(c(O[Si](C)(C)C(C)(C)C)c1)[C@@H]1C[C@H](COC(=O)c3cc4cc5c6c(c4oc3=O)CCCN6CCC5)CC[C@H]1C(C)(C)O2. The Labute approximate surface area is 341 Å². The molecule has 2 aromatic carbocycles. The molecule has 3 aliphatic heterocycles. The second kappa shape index (κ2) is 15.7. The van der Waals surface area contributed by atoms with Crippen molar-refractivity contribution in [2.75, 3.05) is 30.5 Å². The van der Waals surface area contributed by atoms with Crippen LogP contribution in [0.4, 0.5) is 5.69 Å². The summed E-state index contributed by atoms with van der Waals surface area (Å²) in [7, 11) is -2.22. The molecule has 1 saturated carbocycles. The van der Waals surface area contributed by atoms with E-state index in [1.807, 2.05) is 0 Å². The minimum atomic E-state index is -2.22. The first-order valence-electron chi connectivity index (χ1n) is 21.6. The van der Waals surface area contributed by atoms with Gasteiger partial charge in [-0.2, -0.15) is 0 Å². The van der Waals surface area contributed by atoms with Crippen LogP contribution in [0.3, 0.4) is 0 Å². The average molecular weight is 805 g/mol. The summed E-state index contributed by atoms with van der Waals surface area (Å²) in [5, 5.41) is 0.844. The molecule has 0 bridgehead atoms. The van der Waals surface area contributed by atoms with Crippen LogP contribution < -0.4 is 19.7 Å². The van der Waals surface area contributed by atoms with Gasteiger partial charge in [0.2, 0.25) is 8.32 Å². The predicted octanol–water partition coefficient (Wildman–Crippen LogP) is 11.9. The third-order valence-electron chi connectivity index (χ3n) is 14.2. The van der Waals surface area contributed by atoms with Gasteiger partial charge in [0.1, 0.15) is 28.2 Å². The molecular weight excluding hydrogens is 738 g/mol. The summed E-state index contributed by atoms with van der Waals surface area (Å²) in [4.78, 5) is 29.5. The number of halogens is 1. The van der Waals surface area contributed by atoms with Gasteiger partial charge in [-0.25, -0.2) is 9.59 Å². The van der Waals surface area contributed by atoms with Gasteiger partial charge in [-0.05, 0) is 142 Å². The Morgan fingerprint density at radius 2 is 1.71 bits per heavy atom. The molecule has 1 fully saturated rings. The van der Waals surface area contributed by atoms with Crippen molar-refractivity contribution in [2.45, 2.75) is 161 Å². The van der Waals surface area contributed by atoms with Crippen LogP contribution in [0.25, 0.3) is 11.0 Å². The number of carbonyl (C=O) groups is 1. The number of aryl methyl sites for hydroxylation is 2. The molecule has 0 amide bonds. The summed E-state index contributed by atoms with van der Waals surface area (Å²) < 4.78 is 26.3. The number of esters is 1. The van der Waals surface area contributed by atoms with E-state index >= 15 is 0 Å². The molecule has 0 radical (unpaired) electrons. The highest BCUT2D eigenvalue weighted by Crippen LogP contribution is 2.57. The molecule has 0 spiro atoms. The minimum Gasteiger partial charge on any atom is -0.543 e. The largest absolute Gasteiger partial charge is 0.543 e. The highest BCUT2D eigenvalue weighted by molar-refractivity contribution is 6.74. The van der Waals surface area contributed by atoms with Gasteiger partial charge >= 0.3 is 11.6 Å². The summed E-state index contributed by atoms with van der Waals surface area (Å²) >= 11 is 5.97. The van der Waals surface area contributed by atoms with E-state index < -0.39 is 19.9 Å². The van der Waals surface area contributed by atoms with Crippen molar-refractivity contribution in [3.8, 4) is 11.5 Å². The number of hydrogen-bond acceptors (Lipinski definition) is 7. The van der Waals surface area contributed by atoms with Crippen LogP contribution in [0.2, 0.25) is 18.1 Å². The highest BCUT2D eigenvalue weighted by Gasteiger charge is 2.49. The highest BCUT2D eigenvalue weighted by atomic mass is 35.5. The van der Waals surface area contributed by atoms with Crippen molar-refractivity contribution in [1.29, 1.82) is 0 Å². The standard InChI is InChI=1S/C47H66ClNO6Si/c1-45(2,3)56(8,9)55-39-28-33(46(4,5)20-12-10-11-13-21-48)27-38-40(39)35-24-30(18-19-37(35)47(6,7)54-38)29-52-43(50)36-26-32-25-31-16-14-22-49-23-15-17-34(41(31)49)42(32)53-44(36)51/h25-28,30,35,37H,10-24,29H2,1-9H3/t30-,35-,37-/m1/s1. The fourth-order valence-corrected chi connectivity index (χ4v) is 11.1. The van der Waals surface area contributed by atoms with Crippen molar-refractivity contribution in [3.63, 3.8) is 0 Å². The summed E-state index contributed by atoms with van der Waals surface area (Å²) in [6.45, 7) is 23.0. The maximum Gasteiger partial charge on any atom is 0.351 e. The lowest BCUT2D eigenvalue weighted by Gasteiger charge is -2.50. The monoisotopic (exact) mass is 803 g/mol. The molecule has 56 heavy (non-hydrogen) atoms. The molecule has 3 aromatic rings. The molecule has 4 heterocycles. The number of alkyl halides is 1. The Balaban J connectivity index is 1.15. The first-order valence-corrected chi connectivity index (χ1v) is 25.0. The van der Waals surface area contributed by atoms with E-state index in [9.17, 15) is 9.59 Å². The smallest absolute Gasteiger partial charge is 0.351 e. The Morgan fingerprint density at radius 3 is 2.45 bits per heavy atom. The zero-order chi connectivity index (χ0) is 40.2. The minimum absolute atomic E-state index is 0.0152. The van der Waals surface area contributed by atoms with Gasteiger partial charge in [-0.15, -0.1) is 11.6 Å². The molecule has 1 aliphatic carbocycles. The number of nitrogens with zero attached hydrogens (tertiary/aromatic N) is 1. The summed E-state index contributed by atoms with van der Waals surface area (Å²) in [5.41, 5.74) is 5.66. The van der Waals surface area contributed by atoms with Crippen molar-refractivity contribution >= 4 is 42.5 Å². The number of rotatable bonds is 12. The molecule has 9 heteroatoms. The van der Waals surface area contributed by atoms with E-state index in [1.165, 1.54) is 28.8 Å². The van der Waals surface area contributed by atoms with Crippen LogP contribution in [-0.4, -0.2) is 45.5 Å². The zero-order valence-electron chi connectivity index (χ0n) is 35.6. The van der Waals surface area contributed by atoms with Crippen LogP contribution in [0.15, 0.2) is 33.5 Å². The van der Waals surface area contributed by atoms with Gasteiger partial charge in [-0.1, -0.05) is 53.9 Å². The lowest BCUT2D eigenvalue weighted by atomic mass is 9.63. The van der Waals surface area contributed by atoms with E-state index in [2.05, 4.69) is 84.7 Å². The van der Waals surface area contributed by atoms with Crippen LogP contribution >= 0.6 is 11.6 Å². The van der Waals surface area contributed by atoms with E-state index in [4.69, 9.17) is 29.9 Å². The normalized spacial score (nSPS) is 21.8. The molecule has 4 aliphatic rings. The maximum absolute atomic E-state index is 13.7. The quantitative estimate of drug-likeness (QED) is 0.0593. The summed E-state index contributed by atoms with van der Waals surface area (Å²) in [6, 6.07) is 8.47. The van der Waals surface area contributed by atoms with Crippen molar-refractivity contribution in [3.05, 3.63) is 62.5 Å². The number of benzene rings is 2. The Bertz CT molecular complexity index is 2010. The lowest BCUT2D eigenvalue weighted by Crippen LogP contribution is -2.48. The number of ether oxygens (including phenoxy) is 2. The van der Waals surface area contributed by atoms with Gasteiger partial charge < -0.3 is 23.2 Å². The molecule has 3 atom stereocenters. The summed E-state index contributed by atoms with van der Waals surface area (Å²) in [5.74, 6) is 2.66. The van der Waals surface area contributed by atoms with Gasteiger partial charge in [0.15, 0.2) is 0 Å². The fraction of sp³-hybridized carbons (Fsp3) is 0.660. The molecule has 0 N–H and O–H groups in total. The second-order valence-corrected chi connectivity index (χ2v) is 25.2. The number of unbranched alkanes of at least 4 members (excludes halogenated alkanes) is 3. The first kappa shape index (κ1) is 41.2. The number of carbonyl (C=O) groups excluding carboxylic acids is 1. The first-order chi connectivity index (χ1) is 26.4. The molecular formula is C47H66ClNO6Si. The van der Waals surface area contributed by atoms with Crippen molar-refractivity contribution in [2.24, 2.45) is 11.8 Å². The lowest BCUT2D eigenvalue weighted by molar-refractivity contribution is -0.0239. The average Bonchev–Trinajstić information content (AvgIpc) is 3.13. The van der Waals surface area contributed by atoms with Gasteiger partial charge in [0, 0.05) is 47.1 Å². The molecule has 0 saturated heterocycles. The van der Waals surface area contributed by atoms with Crippen LogP contribution in [0, 0.1) is 11.8 Å². The van der Waals surface area contributed by atoms with Crippen molar-refractivity contribution < 1.29 is 23.1 Å². The van der Waals surface area contributed by atoms with Crippen LogP contribution in [0.5, 0.6) is 11.5 Å². The molecule has 306 valence electrons. The number of anilines is 1. The van der Waals surface area contributed by atoms with Gasteiger partial charge in [0.05, 0.1) is 6.61 Å². The van der Waals surface area contributed by atoms with Gasteiger partial charge in [0.25, 0.3) is 0 Å². The topological polar surface area (TPSA) is 78.2 Å². The Kier molecular flexibility index (Phi) is 11.5. The van der Waals surface area contributed by atoms with Gasteiger partial charge in [-0.3, -0.25) is 0 Å². The molecule has 7 rings (SSSR count). The summed E-state index contributed by atoms with van der Waals surface area (Å²) in [6.07, 6.45) is 12.4. The van der Waals surface area contributed by atoms with E-state index in [1.54, 1.807) is 6.07 Å². The zero-order valence-corrected chi connectivity index (χ0v) is 37.4. The Morgan fingerprint density at radius 1 is 0.982 bits per heavy atom. The molecule has 7 nitrogen and oxygen atoms in total. The number of fused-ring (bicyclic) bond motifs is 5. The third kappa shape index (κ3) is 8.04. The molecule has 1 aromatic heterocycles. The van der Waals surface area contributed by atoms with E-state index in [-0.39, 0.29) is 40.1 Å². The molecule has 0 unspecified atom stereocenters. The third-order valence-corrected chi connectivity index (χ3v) is 18.8.